The third kappa shape index (κ3) is 4.03. The number of rotatable bonds is 6. The number of aliphatic hydroxyl groups excluding tert-OH is 1. The van der Waals surface area contributed by atoms with Gasteiger partial charge in [-0.25, -0.2) is 0 Å². The lowest BCUT2D eigenvalue weighted by Gasteiger charge is -2.13. The van der Waals surface area contributed by atoms with Crippen LogP contribution in [0.15, 0.2) is 54.6 Å². The van der Waals surface area contributed by atoms with Crippen LogP contribution in [0.1, 0.15) is 24.2 Å². The van der Waals surface area contributed by atoms with Gasteiger partial charge in [-0.05, 0) is 23.3 Å². The summed E-state index contributed by atoms with van der Waals surface area (Å²) in [6.45, 7) is 1.83. The quantitative estimate of drug-likeness (QED) is 0.655. The Morgan fingerprint density at radius 1 is 1.14 bits per heavy atom. The van der Waals surface area contributed by atoms with E-state index < -0.39 is 17.1 Å². The topological polar surface area (TPSA) is 72.6 Å². The molecule has 5 nitrogen and oxygen atoms in total. The number of benzene rings is 2. The molecule has 0 saturated carbocycles. The van der Waals surface area contributed by atoms with Crippen LogP contribution in [0.5, 0.6) is 5.75 Å². The molecule has 0 bridgehead atoms. The molecule has 0 radical (unpaired) electrons. The van der Waals surface area contributed by atoms with Crippen molar-refractivity contribution in [2.75, 3.05) is 0 Å². The normalized spacial score (nSPS) is 13.4. The van der Waals surface area contributed by atoms with Crippen molar-refractivity contribution in [1.82, 2.24) is 0 Å². The third-order valence-electron chi connectivity index (χ3n) is 3.26. The fourth-order valence-electron chi connectivity index (χ4n) is 1.90. The Labute approximate surface area is 123 Å². The number of hydrogen-bond acceptors (Lipinski definition) is 4. The standard InChI is InChI=1S/C16H17NO4/c1-12(17(19)20)16(18)14-7-9-15(10-8-14)21-11-13-5-3-2-4-6-13/h2-10,12,16,18H,11H2,1H3/t12-,16-/m0/s1. The number of aliphatic hydroxyl groups is 1. The zero-order valence-electron chi connectivity index (χ0n) is 11.7. The Hall–Kier alpha value is -2.40. The van der Waals surface area contributed by atoms with E-state index in [9.17, 15) is 15.2 Å². The van der Waals surface area contributed by atoms with Crippen molar-refractivity contribution in [3.8, 4) is 5.75 Å². The molecule has 0 spiro atoms. The number of nitrogens with zero attached hydrogens (tertiary/aromatic N) is 1. The van der Waals surface area contributed by atoms with Gasteiger partial charge in [-0.15, -0.1) is 0 Å². The molecule has 2 aromatic carbocycles. The molecule has 0 aliphatic heterocycles. The van der Waals surface area contributed by atoms with Gasteiger partial charge >= 0.3 is 0 Å². The van der Waals surface area contributed by atoms with Crippen LogP contribution in [0.2, 0.25) is 0 Å². The molecule has 5 heteroatoms. The Morgan fingerprint density at radius 3 is 2.33 bits per heavy atom. The molecule has 2 aromatic rings. The zero-order valence-corrected chi connectivity index (χ0v) is 11.7. The monoisotopic (exact) mass is 287 g/mol. The van der Waals surface area contributed by atoms with E-state index in [1.165, 1.54) is 6.92 Å². The van der Waals surface area contributed by atoms with Gasteiger partial charge < -0.3 is 9.84 Å². The molecule has 21 heavy (non-hydrogen) atoms. The van der Waals surface area contributed by atoms with E-state index in [1.54, 1.807) is 24.3 Å². The van der Waals surface area contributed by atoms with Crippen LogP contribution < -0.4 is 4.74 Å². The fourth-order valence-corrected chi connectivity index (χ4v) is 1.90. The van der Waals surface area contributed by atoms with Crippen LogP contribution in [0.25, 0.3) is 0 Å². The first-order valence-electron chi connectivity index (χ1n) is 6.66. The maximum absolute atomic E-state index is 10.7. The molecule has 0 heterocycles. The maximum atomic E-state index is 10.7. The molecule has 0 unspecified atom stereocenters. The second-order valence-electron chi connectivity index (χ2n) is 4.81. The molecule has 0 aliphatic carbocycles. The number of nitro groups is 1. The molecule has 1 N–H and O–H groups in total. The smallest absolute Gasteiger partial charge is 0.239 e. The minimum absolute atomic E-state index is 0.452. The fraction of sp³-hybridized carbons (Fsp3) is 0.250. The highest BCUT2D eigenvalue weighted by molar-refractivity contribution is 5.29. The lowest BCUT2D eigenvalue weighted by Crippen LogP contribution is -2.23. The van der Waals surface area contributed by atoms with Crippen LogP contribution in [0.3, 0.4) is 0 Å². The summed E-state index contributed by atoms with van der Waals surface area (Å²) in [6, 6.07) is 15.4. The van der Waals surface area contributed by atoms with Crippen molar-refractivity contribution >= 4 is 0 Å². The van der Waals surface area contributed by atoms with Gasteiger partial charge in [-0.2, -0.15) is 0 Å². The molecule has 0 saturated heterocycles. The largest absolute Gasteiger partial charge is 0.489 e. The van der Waals surface area contributed by atoms with Gasteiger partial charge in [-0.3, -0.25) is 10.1 Å². The van der Waals surface area contributed by atoms with Gasteiger partial charge in [0.15, 0.2) is 0 Å². The number of ether oxygens (including phenoxy) is 1. The molecular formula is C16H17NO4. The lowest BCUT2D eigenvalue weighted by atomic mass is 10.0. The van der Waals surface area contributed by atoms with E-state index >= 15 is 0 Å². The third-order valence-corrected chi connectivity index (χ3v) is 3.26. The first-order chi connectivity index (χ1) is 10.1. The molecule has 2 rings (SSSR count). The average molecular weight is 287 g/mol. The van der Waals surface area contributed by atoms with Crippen molar-refractivity contribution in [2.45, 2.75) is 25.7 Å². The summed E-state index contributed by atoms with van der Waals surface area (Å²) < 4.78 is 5.62. The van der Waals surface area contributed by atoms with Crippen LogP contribution >= 0.6 is 0 Å². The Bertz CT molecular complexity index is 583. The summed E-state index contributed by atoms with van der Waals surface area (Å²) in [6.07, 6.45) is -1.12. The Balaban J connectivity index is 1.97. The predicted molar refractivity (Wildman–Crippen MR) is 78.6 cm³/mol. The minimum atomic E-state index is -1.12. The molecule has 0 amide bonds. The molecule has 110 valence electrons. The Kier molecular flexibility index (Phi) is 4.90. The molecule has 0 fully saturated rings. The predicted octanol–water partition coefficient (Wildman–Crippen LogP) is 2.96. The van der Waals surface area contributed by atoms with E-state index in [2.05, 4.69) is 0 Å². The average Bonchev–Trinajstić information content (AvgIpc) is 2.53. The summed E-state index contributed by atoms with van der Waals surface area (Å²) in [7, 11) is 0. The molecule has 2 atom stereocenters. The van der Waals surface area contributed by atoms with Crippen LogP contribution in [-0.2, 0) is 6.61 Å². The van der Waals surface area contributed by atoms with Crippen LogP contribution in [0.4, 0.5) is 0 Å². The van der Waals surface area contributed by atoms with Crippen molar-refractivity contribution in [3.63, 3.8) is 0 Å². The molecule has 0 aliphatic rings. The van der Waals surface area contributed by atoms with Crippen molar-refractivity contribution in [3.05, 3.63) is 75.8 Å². The van der Waals surface area contributed by atoms with Crippen LogP contribution in [0, 0.1) is 10.1 Å². The second-order valence-corrected chi connectivity index (χ2v) is 4.81. The van der Waals surface area contributed by atoms with E-state index in [-0.39, 0.29) is 0 Å². The van der Waals surface area contributed by atoms with E-state index in [0.717, 1.165) is 5.56 Å². The van der Waals surface area contributed by atoms with Gasteiger partial charge in [0.2, 0.25) is 6.04 Å². The summed E-state index contributed by atoms with van der Waals surface area (Å²) in [5.41, 5.74) is 1.56. The zero-order chi connectivity index (χ0) is 15.2. The van der Waals surface area contributed by atoms with Gasteiger partial charge in [0.05, 0.1) is 0 Å². The summed E-state index contributed by atoms with van der Waals surface area (Å²) in [5, 5.41) is 20.5. The van der Waals surface area contributed by atoms with Gasteiger partial charge in [0.25, 0.3) is 0 Å². The van der Waals surface area contributed by atoms with Crippen molar-refractivity contribution in [2.24, 2.45) is 0 Å². The van der Waals surface area contributed by atoms with E-state index in [4.69, 9.17) is 4.74 Å². The first kappa shape index (κ1) is 15.0. The minimum Gasteiger partial charge on any atom is -0.489 e. The highest BCUT2D eigenvalue weighted by Crippen LogP contribution is 2.22. The first-order valence-corrected chi connectivity index (χ1v) is 6.66. The highest BCUT2D eigenvalue weighted by atomic mass is 16.6. The maximum Gasteiger partial charge on any atom is 0.239 e. The molecule has 0 aromatic heterocycles. The lowest BCUT2D eigenvalue weighted by molar-refractivity contribution is -0.531. The Morgan fingerprint density at radius 2 is 1.76 bits per heavy atom. The van der Waals surface area contributed by atoms with Gasteiger partial charge in [0.1, 0.15) is 18.5 Å². The van der Waals surface area contributed by atoms with Crippen LogP contribution in [-0.4, -0.2) is 16.1 Å². The second kappa shape index (κ2) is 6.85. The van der Waals surface area contributed by atoms with Gasteiger partial charge in [0, 0.05) is 11.8 Å². The van der Waals surface area contributed by atoms with E-state index in [0.29, 0.717) is 17.9 Å². The van der Waals surface area contributed by atoms with Gasteiger partial charge in [-0.1, -0.05) is 42.5 Å². The highest BCUT2D eigenvalue weighted by Gasteiger charge is 2.25. The molecular weight excluding hydrogens is 270 g/mol. The number of hydrogen-bond donors (Lipinski definition) is 1. The summed E-state index contributed by atoms with van der Waals surface area (Å²) in [5.74, 6) is 0.656. The summed E-state index contributed by atoms with van der Waals surface area (Å²) >= 11 is 0. The van der Waals surface area contributed by atoms with Crippen molar-refractivity contribution < 1.29 is 14.8 Å². The summed E-state index contributed by atoms with van der Waals surface area (Å²) in [4.78, 5) is 10.2. The SMILES string of the molecule is C[C@@H]([C@H](O)c1ccc(OCc2ccccc2)cc1)[N+](=O)[O-]. The van der Waals surface area contributed by atoms with Crippen molar-refractivity contribution in [1.29, 1.82) is 0 Å². The van der Waals surface area contributed by atoms with E-state index in [1.807, 2.05) is 30.3 Å².